The third-order valence-electron chi connectivity index (χ3n) is 4.18. The van der Waals surface area contributed by atoms with E-state index in [4.69, 9.17) is 10.3 Å². The summed E-state index contributed by atoms with van der Waals surface area (Å²) in [6, 6.07) is 7.04. The molecule has 3 rings (SSSR count). The van der Waals surface area contributed by atoms with Crippen LogP contribution in [0.5, 0.6) is 5.75 Å². The van der Waals surface area contributed by atoms with Gasteiger partial charge in [-0.2, -0.15) is 4.98 Å². The van der Waals surface area contributed by atoms with E-state index in [9.17, 15) is 5.11 Å². The van der Waals surface area contributed by atoms with Crippen molar-refractivity contribution in [2.45, 2.75) is 32.1 Å². The highest BCUT2D eigenvalue weighted by atomic mass is 16.5. The molecule has 20 heavy (non-hydrogen) atoms. The van der Waals surface area contributed by atoms with Gasteiger partial charge in [-0.25, -0.2) is 0 Å². The molecule has 1 aromatic carbocycles. The largest absolute Gasteiger partial charge is 0.508 e. The lowest BCUT2D eigenvalue weighted by molar-refractivity contribution is 0.129. The molecule has 0 unspecified atom stereocenters. The van der Waals surface area contributed by atoms with Gasteiger partial charge in [0.2, 0.25) is 5.89 Å². The Balaban J connectivity index is 1.66. The number of rotatable bonds is 5. The van der Waals surface area contributed by atoms with Crippen molar-refractivity contribution < 1.29 is 9.63 Å². The second-order valence-electron chi connectivity index (χ2n) is 5.68. The van der Waals surface area contributed by atoms with E-state index in [2.05, 4.69) is 10.1 Å². The van der Waals surface area contributed by atoms with Gasteiger partial charge >= 0.3 is 0 Å². The molecule has 1 heterocycles. The molecule has 1 fully saturated rings. The molecule has 0 atom stereocenters. The van der Waals surface area contributed by atoms with Crippen molar-refractivity contribution in [1.29, 1.82) is 0 Å². The maximum absolute atomic E-state index is 9.25. The van der Waals surface area contributed by atoms with Gasteiger partial charge in [-0.05, 0) is 42.5 Å². The van der Waals surface area contributed by atoms with Gasteiger partial charge in [0.05, 0.1) is 0 Å². The molecule has 0 saturated heterocycles. The van der Waals surface area contributed by atoms with E-state index in [0.717, 1.165) is 24.8 Å². The molecule has 5 heteroatoms. The number of nitrogens with two attached hydrogens (primary N) is 1. The van der Waals surface area contributed by atoms with Crippen molar-refractivity contribution in [1.82, 2.24) is 10.1 Å². The first-order chi connectivity index (χ1) is 9.69. The normalized spacial score (nSPS) is 16.9. The number of aromatic hydroxyl groups is 1. The second kappa shape index (κ2) is 5.25. The van der Waals surface area contributed by atoms with Crippen LogP contribution in [0.1, 0.15) is 36.5 Å². The smallest absolute Gasteiger partial charge is 0.227 e. The van der Waals surface area contributed by atoms with Crippen LogP contribution in [0.3, 0.4) is 0 Å². The number of phenols is 1. The first kappa shape index (κ1) is 13.1. The lowest BCUT2D eigenvalue weighted by atomic mass is 9.67. The van der Waals surface area contributed by atoms with Gasteiger partial charge < -0.3 is 15.4 Å². The molecule has 1 aliphatic rings. The zero-order chi connectivity index (χ0) is 14.0. The third kappa shape index (κ3) is 2.67. The molecule has 1 aromatic heterocycles. The van der Waals surface area contributed by atoms with Gasteiger partial charge in [0.1, 0.15) is 5.75 Å². The van der Waals surface area contributed by atoms with Crippen LogP contribution in [0.4, 0.5) is 0 Å². The maximum Gasteiger partial charge on any atom is 0.227 e. The molecule has 1 aliphatic carbocycles. The van der Waals surface area contributed by atoms with E-state index in [1.165, 1.54) is 6.42 Å². The van der Waals surface area contributed by atoms with Crippen LogP contribution in [0.2, 0.25) is 0 Å². The third-order valence-corrected chi connectivity index (χ3v) is 4.18. The Morgan fingerprint density at radius 2 is 2.00 bits per heavy atom. The minimum absolute atomic E-state index is 0.183. The number of aromatic nitrogens is 2. The van der Waals surface area contributed by atoms with Crippen molar-refractivity contribution in [2.24, 2.45) is 11.1 Å². The van der Waals surface area contributed by atoms with Crippen LogP contribution in [0.25, 0.3) is 0 Å². The van der Waals surface area contributed by atoms with Gasteiger partial charge in [0.15, 0.2) is 5.82 Å². The van der Waals surface area contributed by atoms with E-state index in [0.29, 0.717) is 24.7 Å². The first-order valence-electron chi connectivity index (χ1n) is 6.99. The predicted molar refractivity (Wildman–Crippen MR) is 74.3 cm³/mol. The highest BCUT2D eigenvalue weighted by molar-refractivity contribution is 5.27. The molecule has 106 valence electrons. The van der Waals surface area contributed by atoms with E-state index in [1.54, 1.807) is 12.1 Å². The Morgan fingerprint density at radius 1 is 1.25 bits per heavy atom. The summed E-state index contributed by atoms with van der Waals surface area (Å²) < 4.78 is 5.33. The lowest BCUT2D eigenvalue weighted by Crippen LogP contribution is -2.39. The summed E-state index contributed by atoms with van der Waals surface area (Å²) in [7, 11) is 0. The molecule has 2 aromatic rings. The summed E-state index contributed by atoms with van der Waals surface area (Å²) >= 11 is 0. The fraction of sp³-hybridized carbons (Fsp3) is 0.467. The molecule has 5 nitrogen and oxygen atoms in total. The Morgan fingerprint density at radius 3 is 2.60 bits per heavy atom. The minimum Gasteiger partial charge on any atom is -0.508 e. The lowest BCUT2D eigenvalue weighted by Gasteiger charge is -2.39. The van der Waals surface area contributed by atoms with E-state index < -0.39 is 0 Å². The predicted octanol–water partition coefficient (Wildman–Crippen LogP) is 2.04. The Bertz CT molecular complexity index is 568. The molecule has 1 saturated carbocycles. The van der Waals surface area contributed by atoms with Gasteiger partial charge in [0.25, 0.3) is 0 Å². The minimum atomic E-state index is 0.183. The van der Waals surface area contributed by atoms with E-state index in [1.807, 2.05) is 12.1 Å². The standard InChI is InChI=1S/C15H19N3O2/c16-10-15(6-1-7-15)9-14-17-13(18-20-14)8-11-2-4-12(19)5-3-11/h2-5,19H,1,6-10,16H2. The molecule has 0 radical (unpaired) electrons. The quantitative estimate of drug-likeness (QED) is 0.870. The fourth-order valence-electron chi connectivity index (χ4n) is 2.68. The number of hydrogen-bond donors (Lipinski definition) is 2. The summed E-state index contributed by atoms with van der Waals surface area (Å²) in [6.45, 7) is 0.683. The van der Waals surface area contributed by atoms with Gasteiger partial charge in [-0.3, -0.25) is 0 Å². The topological polar surface area (TPSA) is 85.2 Å². The number of phenolic OH excluding ortho intramolecular Hbond substituents is 1. The summed E-state index contributed by atoms with van der Waals surface area (Å²) in [5.41, 5.74) is 7.08. The maximum atomic E-state index is 9.25. The fourth-order valence-corrected chi connectivity index (χ4v) is 2.68. The van der Waals surface area contributed by atoms with Crippen LogP contribution in [0, 0.1) is 5.41 Å². The van der Waals surface area contributed by atoms with Crippen molar-refractivity contribution in [2.75, 3.05) is 6.54 Å². The van der Waals surface area contributed by atoms with Crippen LogP contribution in [0.15, 0.2) is 28.8 Å². The zero-order valence-corrected chi connectivity index (χ0v) is 11.4. The molecule has 3 N–H and O–H groups in total. The molecular weight excluding hydrogens is 254 g/mol. The SMILES string of the molecule is NCC1(Cc2nc(Cc3ccc(O)cc3)no2)CCC1. The molecule has 0 aliphatic heterocycles. The summed E-state index contributed by atoms with van der Waals surface area (Å²) in [6.07, 6.45) is 4.94. The van der Waals surface area contributed by atoms with Crippen molar-refractivity contribution >= 4 is 0 Å². The van der Waals surface area contributed by atoms with Gasteiger partial charge in [0, 0.05) is 12.8 Å². The van der Waals surface area contributed by atoms with Crippen molar-refractivity contribution in [3.05, 3.63) is 41.5 Å². The number of benzene rings is 1. The van der Waals surface area contributed by atoms with E-state index >= 15 is 0 Å². The van der Waals surface area contributed by atoms with Crippen LogP contribution < -0.4 is 5.73 Å². The van der Waals surface area contributed by atoms with Crippen molar-refractivity contribution in [3.8, 4) is 5.75 Å². The number of hydrogen-bond acceptors (Lipinski definition) is 5. The van der Waals surface area contributed by atoms with Crippen LogP contribution >= 0.6 is 0 Å². The Labute approximate surface area is 117 Å². The zero-order valence-electron chi connectivity index (χ0n) is 11.4. The molecule has 0 bridgehead atoms. The summed E-state index contributed by atoms with van der Waals surface area (Å²) in [5.74, 6) is 1.62. The van der Waals surface area contributed by atoms with Crippen LogP contribution in [-0.2, 0) is 12.8 Å². The van der Waals surface area contributed by atoms with Gasteiger partial charge in [-0.15, -0.1) is 0 Å². The molecule has 0 amide bonds. The summed E-state index contributed by atoms with van der Waals surface area (Å²) in [4.78, 5) is 4.45. The Kier molecular flexibility index (Phi) is 3.44. The monoisotopic (exact) mass is 273 g/mol. The average Bonchev–Trinajstić information content (AvgIpc) is 2.84. The van der Waals surface area contributed by atoms with Crippen molar-refractivity contribution in [3.63, 3.8) is 0 Å². The van der Waals surface area contributed by atoms with Crippen LogP contribution in [-0.4, -0.2) is 21.8 Å². The average molecular weight is 273 g/mol. The highest BCUT2D eigenvalue weighted by Gasteiger charge is 2.37. The Hall–Kier alpha value is -1.88. The summed E-state index contributed by atoms with van der Waals surface area (Å²) in [5, 5.41) is 13.3. The van der Waals surface area contributed by atoms with Gasteiger partial charge in [-0.1, -0.05) is 23.7 Å². The first-order valence-corrected chi connectivity index (χ1v) is 6.99. The number of nitrogens with zero attached hydrogens (tertiary/aromatic N) is 2. The van der Waals surface area contributed by atoms with E-state index in [-0.39, 0.29) is 11.2 Å². The second-order valence-corrected chi connectivity index (χ2v) is 5.68. The molecule has 0 spiro atoms. The molecular formula is C15H19N3O2. The highest BCUT2D eigenvalue weighted by Crippen LogP contribution is 2.42.